The molecule has 0 amide bonds. The number of benzene rings is 2. The molecule has 1 aliphatic rings. The number of aromatic nitrogens is 2. The lowest BCUT2D eigenvalue weighted by atomic mass is 10.0. The summed E-state index contributed by atoms with van der Waals surface area (Å²) in [5.74, 6) is 1.65. The highest BCUT2D eigenvalue weighted by atomic mass is 16.5. The van der Waals surface area contributed by atoms with E-state index in [1.54, 1.807) is 0 Å². The molecule has 0 spiro atoms. The molecule has 4 rings (SSSR count). The summed E-state index contributed by atoms with van der Waals surface area (Å²) in [6.07, 6.45) is -0.166. The number of nitrogens with zero attached hydrogens (tertiary/aromatic N) is 3. The van der Waals surface area contributed by atoms with Crippen molar-refractivity contribution >= 4 is 16.6 Å². The van der Waals surface area contributed by atoms with Gasteiger partial charge in [-0.15, -0.1) is 0 Å². The molecule has 3 N–H and O–H groups in total. The third-order valence-corrected chi connectivity index (χ3v) is 5.13. The van der Waals surface area contributed by atoms with Crippen LogP contribution in [0.2, 0.25) is 0 Å². The Morgan fingerprint density at radius 3 is 2.70 bits per heavy atom. The summed E-state index contributed by atoms with van der Waals surface area (Å²) in [5.41, 5.74) is 9.98. The number of nitrogens with two attached hydrogens (primary N) is 1. The van der Waals surface area contributed by atoms with Crippen LogP contribution in [0.3, 0.4) is 0 Å². The van der Waals surface area contributed by atoms with Gasteiger partial charge in [0, 0.05) is 12.1 Å². The van der Waals surface area contributed by atoms with Gasteiger partial charge in [0.05, 0.1) is 29.3 Å². The second kappa shape index (κ2) is 7.21. The maximum absolute atomic E-state index is 6.28. The minimum absolute atomic E-state index is 0.166. The summed E-state index contributed by atoms with van der Waals surface area (Å²) in [7, 11) is 0. The number of para-hydroxylation sites is 1. The van der Waals surface area contributed by atoms with Gasteiger partial charge in [-0.05, 0) is 44.3 Å². The molecule has 142 valence electrons. The van der Waals surface area contributed by atoms with E-state index in [2.05, 4.69) is 40.9 Å². The molecule has 6 heteroatoms. The zero-order valence-electron chi connectivity index (χ0n) is 16.2. The van der Waals surface area contributed by atoms with Crippen LogP contribution in [-0.2, 0) is 6.54 Å². The number of ether oxygens (including phenoxy) is 1. The summed E-state index contributed by atoms with van der Waals surface area (Å²) in [5, 5.41) is 9.32. The van der Waals surface area contributed by atoms with Gasteiger partial charge in [0.2, 0.25) is 0 Å². The molecule has 1 unspecified atom stereocenters. The van der Waals surface area contributed by atoms with Crippen molar-refractivity contribution in [3.63, 3.8) is 0 Å². The van der Waals surface area contributed by atoms with Crippen molar-refractivity contribution < 1.29 is 4.74 Å². The van der Waals surface area contributed by atoms with Gasteiger partial charge in [-0.25, -0.2) is 0 Å². The second-order valence-corrected chi connectivity index (χ2v) is 6.97. The summed E-state index contributed by atoms with van der Waals surface area (Å²) < 4.78 is 8.39. The van der Waals surface area contributed by atoms with Gasteiger partial charge >= 0.3 is 0 Å². The maximum Gasteiger partial charge on any atom is 0.162 e. The first-order valence-electron chi connectivity index (χ1n) is 9.67. The van der Waals surface area contributed by atoms with Crippen molar-refractivity contribution in [2.75, 3.05) is 25.0 Å². The van der Waals surface area contributed by atoms with Crippen LogP contribution in [0.15, 0.2) is 36.4 Å². The van der Waals surface area contributed by atoms with E-state index in [0.717, 1.165) is 65.5 Å². The number of anilines is 1. The van der Waals surface area contributed by atoms with Crippen LogP contribution in [0.5, 0.6) is 11.5 Å². The molecular weight excluding hydrogens is 338 g/mol. The first kappa shape index (κ1) is 17.8. The van der Waals surface area contributed by atoms with Crippen molar-refractivity contribution in [1.29, 1.82) is 0 Å². The molecule has 1 atom stereocenters. The maximum atomic E-state index is 6.28. The van der Waals surface area contributed by atoms with Gasteiger partial charge in [-0.2, -0.15) is 5.10 Å². The fourth-order valence-electron chi connectivity index (χ4n) is 3.70. The average molecular weight is 365 g/mol. The zero-order valence-corrected chi connectivity index (χ0v) is 16.2. The van der Waals surface area contributed by atoms with E-state index >= 15 is 0 Å². The van der Waals surface area contributed by atoms with Crippen LogP contribution in [-0.4, -0.2) is 40.5 Å². The Morgan fingerprint density at radius 1 is 1.19 bits per heavy atom. The molecule has 6 nitrogen and oxygen atoms in total. The lowest BCUT2D eigenvalue weighted by Crippen LogP contribution is -2.27. The quantitative estimate of drug-likeness (QED) is 0.487. The van der Waals surface area contributed by atoms with E-state index in [4.69, 9.17) is 15.6 Å². The molecule has 1 aromatic heterocycles. The first-order chi connectivity index (χ1) is 13.1. The van der Waals surface area contributed by atoms with Crippen LogP contribution in [0.25, 0.3) is 22.2 Å². The number of hydrogen-bond acceptors (Lipinski definition) is 5. The van der Waals surface area contributed by atoms with Crippen LogP contribution >= 0.6 is 0 Å². The molecule has 1 aliphatic heterocycles. The van der Waals surface area contributed by atoms with E-state index in [9.17, 15) is 0 Å². The SMILES string of the molecule is CCN(CC)CCn1nc2c3c(c(NC(C)N)ccc31)Oc1ccccc1-2. The fraction of sp³-hybridized carbons (Fsp3) is 0.381. The van der Waals surface area contributed by atoms with Crippen LogP contribution in [0.1, 0.15) is 20.8 Å². The van der Waals surface area contributed by atoms with Crippen molar-refractivity contribution in [2.45, 2.75) is 33.5 Å². The highest BCUT2D eigenvalue weighted by Crippen LogP contribution is 2.49. The Kier molecular flexibility index (Phi) is 4.76. The molecule has 0 bridgehead atoms. The van der Waals surface area contributed by atoms with Crippen molar-refractivity contribution in [1.82, 2.24) is 14.7 Å². The molecule has 0 saturated carbocycles. The molecule has 0 saturated heterocycles. The normalized spacial score (nSPS) is 13.5. The lowest BCUT2D eigenvalue weighted by Gasteiger charge is -2.21. The average Bonchev–Trinajstić information content (AvgIpc) is 3.04. The Hall–Kier alpha value is -2.57. The van der Waals surface area contributed by atoms with Crippen molar-refractivity contribution in [3.05, 3.63) is 36.4 Å². The van der Waals surface area contributed by atoms with Crippen LogP contribution < -0.4 is 15.8 Å². The van der Waals surface area contributed by atoms with Gasteiger partial charge in [0.25, 0.3) is 0 Å². The number of fused-ring (bicyclic) bond motifs is 2. The van der Waals surface area contributed by atoms with E-state index in [-0.39, 0.29) is 6.17 Å². The molecule has 2 heterocycles. The molecule has 27 heavy (non-hydrogen) atoms. The summed E-state index contributed by atoms with van der Waals surface area (Å²) in [6.45, 7) is 10.2. The Bertz CT molecular complexity index is 959. The molecule has 0 aliphatic carbocycles. The molecule has 0 fully saturated rings. The predicted molar refractivity (Wildman–Crippen MR) is 110 cm³/mol. The number of hydrogen-bond donors (Lipinski definition) is 2. The zero-order chi connectivity index (χ0) is 19.0. The number of likely N-dealkylation sites (N-methyl/N-ethyl adjacent to an activating group) is 1. The van der Waals surface area contributed by atoms with E-state index in [0.29, 0.717) is 0 Å². The van der Waals surface area contributed by atoms with Crippen LogP contribution in [0.4, 0.5) is 5.69 Å². The summed E-state index contributed by atoms with van der Waals surface area (Å²) in [4.78, 5) is 2.41. The minimum atomic E-state index is -0.166. The van der Waals surface area contributed by atoms with Gasteiger partial charge in [0.1, 0.15) is 11.4 Å². The monoisotopic (exact) mass is 365 g/mol. The second-order valence-electron chi connectivity index (χ2n) is 6.97. The van der Waals surface area contributed by atoms with E-state index < -0.39 is 0 Å². The molecule has 3 aromatic rings. The standard InChI is InChI=1S/C21H27N5O/c1-4-25(5-2)12-13-26-17-11-10-16(23-14(3)22)21-19(17)20(24-26)15-8-6-7-9-18(15)27-21/h6-11,14,23H,4-5,12-13,22H2,1-3H3. The fourth-order valence-corrected chi connectivity index (χ4v) is 3.70. The van der Waals surface area contributed by atoms with E-state index in [1.165, 1.54) is 0 Å². The lowest BCUT2D eigenvalue weighted by molar-refractivity contribution is 0.287. The van der Waals surface area contributed by atoms with Gasteiger partial charge < -0.3 is 20.7 Å². The molecule has 0 radical (unpaired) electrons. The minimum Gasteiger partial charge on any atom is -0.454 e. The third kappa shape index (κ3) is 3.15. The van der Waals surface area contributed by atoms with Gasteiger partial charge in [-0.3, -0.25) is 4.68 Å². The van der Waals surface area contributed by atoms with Crippen LogP contribution in [0, 0.1) is 0 Å². The third-order valence-electron chi connectivity index (χ3n) is 5.13. The molecular formula is C21H27N5O. The van der Waals surface area contributed by atoms with Crippen molar-refractivity contribution in [3.8, 4) is 22.8 Å². The first-order valence-corrected chi connectivity index (χ1v) is 9.67. The number of nitrogens with one attached hydrogen (secondary N) is 1. The highest BCUT2D eigenvalue weighted by Gasteiger charge is 2.27. The number of rotatable bonds is 7. The largest absolute Gasteiger partial charge is 0.454 e. The van der Waals surface area contributed by atoms with Crippen molar-refractivity contribution in [2.24, 2.45) is 5.73 Å². The molecule has 2 aromatic carbocycles. The smallest absolute Gasteiger partial charge is 0.162 e. The predicted octanol–water partition coefficient (Wildman–Crippen LogP) is 3.87. The van der Waals surface area contributed by atoms with Gasteiger partial charge in [-0.1, -0.05) is 26.0 Å². The van der Waals surface area contributed by atoms with E-state index in [1.807, 2.05) is 31.2 Å². The summed E-state index contributed by atoms with van der Waals surface area (Å²) >= 11 is 0. The Morgan fingerprint density at radius 2 is 1.96 bits per heavy atom. The highest BCUT2D eigenvalue weighted by molar-refractivity contribution is 6.04. The summed E-state index contributed by atoms with van der Waals surface area (Å²) in [6, 6.07) is 12.2. The Balaban J connectivity index is 1.84. The topological polar surface area (TPSA) is 68.3 Å². The Labute approximate surface area is 159 Å². The van der Waals surface area contributed by atoms with Gasteiger partial charge in [0.15, 0.2) is 5.75 Å².